The van der Waals surface area contributed by atoms with Crippen molar-refractivity contribution in [3.63, 3.8) is 0 Å². The van der Waals surface area contributed by atoms with Gasteiger partial charge in [0.15, 0.2) is 0 Å². The van der Waals surface area contributed by atoms with Gasteiger partial charge in [-0.1, -0.05) is 0 Å². The van der Waals surface area contributed by atoms with Gasteiger partial charge in [0.25, 0.3) is 0 Å². The Kier molecular flexibility index (Phi) is 4.03. The minimum atomic E-state index is -0.425. The molecule has 0 spiro atoms. The summed E-state index contributed by atoms with van der Waals surface area (Å²) in [5.74, 6) is -0.193. The van der Waals surface area contributed by atoms with E-state index in [4.69, 9.17) is 5.73 Å². The number of nitrogens with zero attached hydrogens (tertiary/aromatic N) is 1. The second-order valence-electron chi connectivity index (χ2n) is 4.00. The zero-order chi connectivity index (χ0) is 13.0. The maximum atomic E-state index is 11.5. The zero-order valence-corrected chi connectivity index (χ0v) is 10.5. The van der Waals surface area contributed by atoms with Crippen molar-refractivity contribution in [1.29, 1.82) is 0 Å². The molecular formula is C11H14N4O2S. The van der Waals surface area contributed by atoms with Gasteiger partial charge in [0.2, 0.25) is 5.91 Å². The summed E-state index contributed by atoms with van der Waals surface area (Å²) in [6, 6.07) is 1.55. The fourth-order valence-electron chi connectivity index (χ4n) is 1.28. The lowest BCUT2D eigenvalue weighted by atomic mass is 10.4. The lowest BCUT2D eigenvalue weighted by Crippen LogP contribution is -2.41. The summed E-state index contributed by atoms with van der Waals surface area (Å²) < 4.78 is 0. The fourth-order valence-corrected chi connectivity index (χ4v) is 2.02. The maximum Gasteiger partial charge on any atom is 0.321 e. The van der Waals surface area contributed by atoms with Gasteiger partial charge in [-0.2, -0.15) is 0 Å². The van der Waals surface area contributed by atoms with Crippen molar-refractivity contribution in [2.45, 2.75) is 23.8 Å². The van der Waals surface area contributed by atoms with Crippen LogP contribution < -0.4 is 16.4 Å². The molecule has 18 heavy (non-hydrogen) atoms. The Hall–Kier alpha value is -1.76. The van der Waals surface area contributed by atoms with Crippen molar-refractivity contribution in [2.24, 2.45) is 0 Å². The molecule has 4 N–H and O–H groups in total. The van der Waals surface area contributed by atoms with Crippen molar-refractivity contribution in [2.75, 3.05) is 11.5 Å². The third kappa shape index (κ3) is 3.92. The first-order valence-corrected chi connectivity index (χ1v) is 6.56. The van der Waals surface area contributed by atoms with Crippen molar-refractivity contribution < 1.29 is 9.59 Å². The summed E-state index contributed by atoms with van der Waals surface area (Å²) >= 11 is 1.27. The van der Waals surface area contributed by atoms with Crippen molar-refractivity contribution >= 4 is 29.4 Å². The Balaban J connectivity index is 1.74. The largest absolute Gasteiger partial charge is 0.397 e. The van der Waals surface area contributed by atoms with Crippen LogP contribution in [0.4, 0.5) is 10.5 Å². The molecule has 1 aromatic rings. The number of hydrogen-bond donors (Lipinski definition) is 3. The number of pyridine rings is 1. The van der Waals surface area contributed by atoms with Gasteiger partial charge in [-0.3, -0.25) is 15.1 Å². The second-order valence-corrected chi connectivity index (χ2v) is 5.02. The van der Waals surface area contributed by atoms with Crippen LogP contribution in [0, 0.1) is 0 Å². The van der Waals surface area contributed by atoms with E-state index in [0.717, 1.165) is 17.7 Å². The molecule has 0 aliphatic heterocycles. The molecular weight excluding hydrogens is 252 g/mol. The predicted octanol–water partition coefficient (Wildman–Crippen LogP) is 0.744. The molecule has 7 heteroatoms. The summed E-state index contributed by atoms with van der Waals surface area (Å²) in [7, 11) is 0. The molecule has 1 aromatic heterocycles. The summed E-state index contributed by atoms with van der Waals surface area (Å²) in [6.07, 6.45) is 5.12. The Morgan fingerprint density at radius 1 is 1.50 bits per heavy atom. The van der Waals surface area contributed by atoms with Gasteiger partial charge in [0, 0.05) is 17.1 Å². The molecule has 0 unspecified atom stereocenters. The Morgan fingerprint density at radius 3 is 2.94 bits per heavy atom. The number of hydrogen-bond acceptors (Lipinski definition) is 5. The summed E-state index contributed by atoms with van der Waals surface area (Å²) in [6.45, 7) is 0. The minimum Gasteiger partial charge on any atom is -0.397 e. The first-order chi connectivity index (χ1) is 8.65. The van der Waals surface area contributed by atoms with Crippen LogP contribution in [-0.2, 0) is 4.79 Å². The number of nitrogen functional groups attached to an aromatic ring is 1. The Morgan fingerprint density at radius 2 is 2.28 bits per heavy atom. The molecule has 0 radical (unpaired) electrons. The van der Waals surface area contributed by atoms with E-state index >= 15 is 0 Å². The first kappa shape index (κ1) is 12.7. The van der Waals surface area contributed by atoms with Crippen molar-refractivity contribution in [1.82, 2.24) is 15.6 Å². The van der Waals surface area contributed by atoms with Crippen LogP contribution in [0.1, 0.15) is 12.8 Å². The zero-order valence-electron chi connectivity index (χ0n) is 9.68. The van der Waals surface area contributed by atoms with Crippen LogP contribution in [0.15, 0.2) is 23.4 Å². The minimum absolute atomic E-state index is 0.145. The highest BCUT2D eigenvalue weighted by Gasteiger charge is 2.23. The lowest BCUT2D eigenvalue weighted by Gasteiger charge is -2.06. The number of thioether (sulfide) groups is 1. The van der Waals surface area contributed by atoms with Crippen LogP contribution >= 0.6 is 11.8 Å². The molecule has 1 aliphatic carbocycles. The van der Waals surface area contributed by atoms with Crippen LogP contribution in [-0.4, -0.2) is 28.7 Å². The van der Waals surface area contributed by atoms with Gasteiger partial charge in [-0.25, -0.2) is 4.79 Å². The molecule has 96 valence electrons. The number of carbonyl (C=O) groups is 2. The molecule has 0 atom stereocenters. The quantitative estimate of drug-likeness (QED) is 0.698. The highest BCUT2D eigenvalue weighted by Crippen LogP contribution is 2.23. The lowest BCUT2D eigenvalue weighted by molar-refractivity contribution is -0.117. The molecule has 1 heterocycles. The second kappa shape index (κ2) is 5.72. The monoisotopic (exact) mass is 266 g/mol. The summed E-state index contributed by atoms with van der Waals surface area (Å²) in [5.41, 5.74) is 6.21. The van der Waals surface area contributed by atoms with E-state index in [-0.39, 0.29) is 17.7 Å². The van der Waals surface area contributed by atoms with E-state index < -0.39 is 6.03 Å². The number of anilines is 1. The predicted molar refractivity (Wildman–Crippen MR) is 69.1 cm³/mol. The van der Waals surface area contributed by atoms with Gasteiger partial charge in [0.1, 0.15) is 0 Å². The van der Waals surface area contributed by atoms with Crippen LogP contribution in [0.5, 0.6) is 0 Å². The van der Waals surface area contributed by atoms with Crippen LogP contribution in [0.3, 0.4) is 0 Å². The maximum absolute atomic E-state index is 11.5. The smallest absolute Gasteiger partial charge is 0.321 e. The third-order valence-corrected chi connectivity index (χ3v) is 3.42. The molecule has 0 saturated heterocycles. The standard InChI is InChI=1S/C11H14N4O2S/c12-8-5-13-4-3-9(8)18-6-10(16)15-11(17)14-7-1-2-7/h3-5,7H,1-2,6,12H2,(H2,14,15,16,17). The Bertz CT molecular complexity index is 462. The van der Waals surface area contributed by atoms with Gasteiger partial charge in [-0.15, -0.1) is 11.8 Å². The average molecular weight is 266 g/mol. The number of aromatic nitrogens is 1. The SMILES string of the molecule is Nc1cnccc1SCC(=O)NC(=O)NC1CC1. The van der Waals surface area contributed by atoms with E-state index in [9.17, 15) is 9.59 Å². The molecule has 1 fully saturated rings. The molecule has 2 rings (SSSR count). The van der Waals surface area contributed by atoms with Gasteiger partial charge in [0.05, 0.1) is 17.6 Å². The number of nitrogens with one attached hydrogen (secondary N) is 2. The van der Waals surface area contributed by atoms with Crippen molar-refractivity contribution in [3.8, 4) is 0 Å². The fraction of sp³-hybridized carbons (Fsp3) is 0.364. The Labute approximate surface area is 109 Å². The number of nitrogens with two attached hydrogens (primary N) is 1. The van der Waals surface area contributed by atoms with E-state index in [1.54, 1.807) is 12.3 Å². The average Bonchev–Trinajstić information content (AvgIpc) is 3.11. The van der Waals surface area contributed by atoms with Gasteiger partial charge in [-0.05, 0) is 18.9 Å². The van der Waals surface area contributed by atoms with Crippen LogP contribution in [0.2, 0.25) is 0 Å². The van der Waals surface area contributed by atoms with E-state index in [1.807, 2.05) is 0 Å². The van der Waals surface area contributed by atoms with Crippen LogP contribution in [0.25, 0.3) is 0 Å². The normalized spacial score (nSPS) is 14.0. The van der Waals surface area contributed by atoms with E-state index in [2.05, 4.69) is 15.6 Å². The first-order valence-electron chi connectivity index (χ1n) is 5.58. The number of rotatable bonds is 4. The number of imide groups is 1. The molecule has 6 nitrogen and oxygen atoms in total. The molecule has 1 saturated carbocycles. The number of carbonyl (C=O) groups excluding carboxylic acids is 2. The molecule has 3 amide bonds. The van der Waals surface area contributed by atoms with Gasteiger partial charge >= 0.3 is 6.03 Å². The van der Waals surface area contributed by atoms with Crippen molar-refractivity contribution in [3.05, 3.63) is 18.5 Å². The molecule has 0 aromatic carbocycles. The topological polar surface area (TPSA) is 97.1 Å². The molecule has 1 aliphatic rings. The van der Waals surface area contributed by atoms with E-state index in [1.165, 1.54) is 18.0 Å². The summed E-state index contributed by atoms with van der Waals surface area (Å²) in [5, 5.41) is 4.95. The highest BCUT2D eigenvalue weighted by atomic mass is 32.2. The number of urea groups is 1. The highest BCUT2D eigenvalue weighted by molar-refractivity contribution is 8.00. The van der Waals surface area contributed by atoms with Gasteiger partial charge < -0.3 is 11.1 Å². The molecule has 0 bridgehead atoms. The summed E-state index contributed by atoms with van der Waals surface area (Å²) in [4.78, 5) is 27.4. The third-order valence-electron chi connectivity index (χ3n) is 2.33. The van der Waals surface area contributed by atoms with E-state index in [0.29, 0.717) is 5.69 Å². The number of amides is 3.